The number of nitrogens with one attached hydrogen (secondary N) is 1. The number of aryl methyl sites for hydroxylation is 2. The van der Waals surface area contributed by atoms with Crippen LogP contribution in [0.5, 0.6) is 5.75 Å². The van der Waals surface area contributed by atoms with Crippen LogP contribution in [0.25, 0.3) is 0 Å². The molecular weight excluding hydrogens is 498 g/mol. The lowest BCUT2D eigenvalue weighted by atomic mass is 10.1. The molecule has 3 aromatic rings. The fourth-order valence-corrected chi connectivity index (χ4v) is 5.01. The smallest absolute Gasteiger partial charge is 0.310 e. The van der Waals surface area contributed by atoms with E-state index in [0.717, 1.165) is 11.3 Å². The molecule has 0 spiro atoms. The lowest BCUT2D eigenvalue weighted by Crippen LogP contribution is -2.30. The van der Waals surface area contributed by atoms with Crippen LogP contribution in [-0.2, 0) is 37.4 Å². The van der Waals surface area contributed by atoms with Gasteiger partial charge in [-0.05, 0) is 55.8 Å². The van der Waals surface area contributed by atoms with Crippen LogP contribution in [0.4, 0.5) is 5.69 Å². The van der Waals surface area contributed by atoms with Crippen LogP contribution in [-0.4, -0.2) is 49.5 Å². The summed E-state index contributed by atoms with van der Waals surface area (Å²) >= 11 is 0. The van der Waals surface area contributed by atoms with Gasteiger partial charge in [-0.1, -0.05) is 31.1 Å². The van der Waals surface area contributed by atoms with Gasteiger partial charge in [-0.15, -0.1) is 0 Å². The largest absolute Gasteiger partial charge is 0.489 e. The zero-order valence-electron chi connectivity index (χ0n) is 21.3. The minimum absolute atomic E-state index is 0.00462. The predicted octanol–water partition coefficient (Wildman–Crippen LogP) is 3.63. The number of hydrogen-bond donors (Lipinski definition) is 1. The van der Waals surface area contributed by atoms with E-state index in [-0.39, 0.29) is 11.3 Å². The summed E-state index contributed by atoms with van der Waals surface area (Å²) < 4.78 is 42.4. The highest BCUT2D eigenvalue weighted by molar-refractivity contribution is 7.89. The fraction of sp³-hybridized carbons (Fsp3) is 0.346. The molecule has 0 aliphatic carbocycles. The molecule has 0 atom stereocenters. The molecule has 0 bridgehead atoms. The van der Waals surface area contributed by atoms with Crippen LogP contribution in [0, 0.1) is 13.8 Å². The second-order valence-electron chi connectivity index (χ2n) is 8.23. The van der Waals surface area contributed by atoms with E-state index in [9.17, 15) is 18.0 Å². The quantitative estimate of drug-likeness (QED) is 0.352. The van der Waals surface area contributed by atoms with E-state index in [0.29, 0.717) is 42.5 Å². The van der Waals surface area contributed by atoms with Crippen LogP contribution >= 0.6 is 0 Å². The summed E-state index contributed by atoms with van der Waals surface area (Å²) in [6.07, 6.45) is -0.00462. The first-order chi connectivity index (χ1) is 17.6. The third-order valence-corrected chi connectivity index (χ3v) is 7.75. The van der Waals surface area contributed by atoms with Crippen molar-refractivity contribution in [1.82, 2.24) is 9.46 Å². The van der Waals surface area contributed by atoms with Crippen LogP contribution in [0.2, 0.25) is 0 Å². The zero-order chi connectivity index (χ0) is 27.0. The van der Waals surface area contributed by atoms with Crippen LogP contribution in [0.15, 0.2) is 57.9 Å². The number of sulfonamides is 1. The number of rotatable bonds is 12. The number of anilines is 1. The van der Waals surface area contributed by atoms with Gasteiger partial charge < -0.3 is 19.3 Å². The van der Waals surface area contributed by atoms with Crippen molar-refractivity contribution in [2.24, 2.45) is 0 Å². The maximum absolute atomic E-state index is 12.5. The highest BCUT2D eigenvalue weighted by atomic mass is 32.2. The van der Waals surface area contributed by atoms with Crippen molar-refractivity contribution in [2.45, 2.75) is 45.6 Å². The Morgan fingerprint density at radius 2 is 1.65 bits per heavy atom. The minimum atomic E-state index is -3.58. The molecule has 0 radical (unpaired) electrons. The van der Waals surface area contributed by atoms with E-state index in [1.807, 2.05) is 13.8 Å². The van der Waals surface area contributed by atoms with E-state index in [4.69, 9.17) is 14.0 Å². The molecule has 3 rings (SSSR count). The van der Waals surface area contributed by atoms with E-state index < -0.39 is 28.5 Å². The standard InChI is InChI=1S/C26H31N3O7S/c1-5-29(6-2)37(32,33)23-13-9-21(10-14-23)27-25(30)17-35-26(31)15-20-7-11-22(12-8-20)34-16-24-18(3)28-36-19(24)4/h7-14H,5-6,15-17H2,1-4H3,(H,27,30). The van der Waals surface area contributed by atoms with E-state index in [1.54, 1.807) is 38.1 Å². The summed E-state index contributed by atoms with van der Waals surface area (Å²) in [6, 6.07) is 12.8. The number of aromatic nitrogens is 1. The van der Waals surface area contributed by atoms with Crippen molar-refractivity contribution < 1.29 is 32.0 Å². The molecule has 0 unspecified atom stereocenters. The molecule has 37 heavy (non-hydrogen) atoms. The van der Waals surface area contributed by atoms with E-state index in [2.05, 4.69) is 10.5 Å². The second-order valence-corrected chi connectivity index (χ2v) is 10.2. The molecule has 1 N–H and O–H groups in total. The van der Waals surface area contributed by atoms with Gasteiger partial charge in [0.05, 0.1) is 22.6 Å². The summed E-state index contributed by atoms with van der Waals surface area (Å²) in [5.41, 5.74) is 2.78. The van der Waals surface area contributed by atoms with Gasteiger partial charge in [-0.2, -0.15) is 4.31 Å². The maximum Gasteiger partial charge on any atom is 0.310 e. The van der Waals surface area contributed by atoms with Gasteiger partial charge in [-0.25, -0.2) is 8.42 Å². The molecule has 0 fully saturated rings. The number of carbonyl (C=O) groups is 2. The van der Waals surface area contributed by atoms with Crippen LogP contribution < -0.4 is 10.1 Å². The maximum atomic E-state index is 12.5. The van der Waals surface area contributed by atoms with Crippen molar-refractivity contribution in [2.75, 3.05) is 25.0 Å². The van der Waals surface area contributed by atoms with Gasteiger partial charge in [-0.3, -0.25) is 9.59 Å². The van der Waals surface area contributed by atoms with Gasteiger partial charge in [0.25, 0.3) is 5.91 Å². The number of carbonyl (C=O) groups excluding carboxylic acids is 2. The Balaban J connectivity index is 1.44. The first kappa shape index (κ1) is 27.9. The molecule has 1 amide bonds. The third kappa shape index (κ3) is 7.40. The van der Waals surface area contributed by atoms with Crippen molar-refractivity contribution >= 4 is 27.6 Å². The molecule has 0 saturated carbocycles. The normalized spacial score (nSPS) is 11.4. The molecule has 2 aromatic carbocycles. The molecule has 0 aliphatic heterocycles. The zero-order valence-corrected chi connectivity index (χ0v) is 22.1. The topological polar surface area (TPSA) is 128 Å². The van der Waals surface area contributed by atoms with Gasteiger partial charge in [0, 0.05) is 18.8 Å². The van der Waals surface area contributed by atoms with Gasteiger partial charge in [0.1, 0.15) is 18.1 Å². The van der Waals surface area contributed by atoms with Crippen molar-refractivity contribution in [3.8, 4) is 5.75 Å². The molecule has 1 aromatic heterocycles. The Morgan fingerprint density at radius 3 is 2.22 bits per heavy atom. The van der Waals surface area contributed by atoms with Gasteiger partial charge in [0.2, 0.25) is 10.0 Å². The second kappa shape index (κ2) is 12.5. The molecule has 11 heteroatoms. The molecule has 198 valence electrons. The number of benzene rings is 2. The summed E-state index contributed by atoms with van der Waals surface area (Å²) in [4.78, 5) is 24.5. The average Bonchev–Trinajstić information content (AvgIpc) is 3.20. The number of esters is 1. The van der Waals surface area contributed by atoms with E-state index >= 15 is 0 Å². The molecule has 0 saturated heterocycles. The number of hydrogen-bond acceptors (Lipinski definition) is 8. The van der Waals surface area contributed by atoms with Gasteiger partial charge in [0.15, 0.2) is 6.61 Å². The Bertz CT molecular complexity index is 1290. The third-order valence-electron chi connectivity index (χ3n) is 5.68. The summed E-state index contributed by atoms with van der Waals surface area (Å²) in [5, 5.41) is 6.48. The molecular formula is C26H31N3O7S. The minimum Gasteiger partial charge on any atom is -0.489 e. The van der Waals surface area contributed by atoms with Crippen LogP contribution in [0.1, 0.15) is 36.4 Å². The number of nitrogens with zero attached hydrogens (tertiary/aromatic N) is 2. The van der Waals surface area contributed by atoms with Crippen LogP contribution in [0.3, 0.4) is 0 Å². The van der Waals surface area contributed by atoms with Crippen molar-refractivity contribution in [3.05, 3.63) is 71.1 Å². The lowest BCUT2D eigenvalue weighted by Gasteiger charge is -2.18. The Hall–Kier alpha value is -3.70. The molecule has 10 nitrogen and oxygen atoms in total. The molecule has 0 aliphatic rings. The predicted molar refractivity (Wildman–Crippen MR) is 137 cm³/mol. The average molecular weight is 530 g/mol. The van der Waals surface area contributed by atoms with Crippen molar-refractivity contribution in [1.29, 1.82) is 0 Å². The SMILES string of the molecule is CCN(CC)S(=O)(=O)c1ccc(NC(=O)COC(=O)Cc2ccc(OCc3c(C)noc3C)cc2)cc1. The van der Waals surface area contributed by atoms with Gasteiger partial charge >= 0.3 is 5.97 Å². The summed E-state index contributed by atoms with van der Waals surface area (Å²) in [7, 11) is -3.58. The Labute approximate surface area is 216 Å². The number of ether oxygens (including phenoxy) is 2. The lowest BCUT2D eigenvalue weighted by molar-refractivity contribution is -0.146. The highest BCUT2D eigenvalue weighted by Gasteiger charge is 2.21. The molecule has 1 heterocycles. The summed E-state index contributed by atoms with van der Waals surface area (Å²) in [5.74, 6) is 0.254. The van der Waals surface area contributed by atoms with Crippen molar-refractivity contribution in [3.63, 3.8) is 0 Å². The number of amides is 1. The monoisotopic (exact) mass is 529 g/mol. The highest BCUT2D eigenvalue weighted by Crippen LogP contribution is 2.19. The Morgan fingerprint density at radius 1 is 1.00 bits per heavy atom. The van der Waals surface area contributed by atoms with E-state index in [1.165, 1.54) is 28.6 Å². The first-order valence-corrected chi connectivity index (χ1v) is 13.3. The fourth-order valence-electron chi connectivity index (χ4n) is 3.55. The Kier molecular flexibility index (Phi) is 9.42. The summed E-state index contributed by atoms with van der Waals surface area (Å²) in [6.45, 7) is 7.80. The first-order valence-electron chi connectivity index (χ1n) is 11.8.